The molecule has 1 nitrogen and oxygen atoms in total. The molecule has 0 aromatic heterocycles. The first-order valence-electron chi connectivity index (χ1n) is 7.24. The van der Waals surface area contributed by atoms with E-state index in [0.29, 0.717) is 5.41 Å². The first kappa shape index (κ1) is 12.2. The molecule has 2 saturated carbocycles. The molecule has 2 aliphatic carbocycles. The van der Waals surface area contributed by atoms with Crippen LogP contribution in [0.25, 0.3) is 0 Å². The molecule has 0 amide bonds. The molecule has 0 spiro atoms. The van der Waals surface area contributed by atoms with E-state index in [-0.39, 0.29) is 5.60 Å². The summed E-state index contributed by atoms with van der Waals surface area (Å²) in [5, 5.41) is 0. The van der Waals surface area contributed by atoms with Crippen LogP contribution in [0.4, 0.5) is 0 Å². The molecule has 0 saturated heterocycles. The van der Waals surface area contributed by atoms with Gasteiger partial charge in [0.05, 0.1) is 12.2 Å². The van der Waals surface area contributed by atoms with Crippen molar-refractivity contribution in [2.45, 2.75) is 52.2 Å². The number of hydrogen-bond donors (Lipinski definition) is 0. The average molecular weight is 244 g/mol. The lowest BCUT2D eigenvalue weighted by Crippen LogP contribution is -2.27. The third-order valence-corrected chi connectivity index (χ3v) is 5.38. The third-order valence-electron chi connectivity index (χ3n) is 5.38. The molecule has 0 aliphatic heterocycles. The van der Waals surface area contributed by atoms with E-state index in [2.05, 4.69) is 51.1 Å². The fourth-order valence-corrected chi connectivity index (χ4v) is 4.13. The van der Waals surface area contributed by atoms with Gasteiger partial charge in [0.15, 0.2) is 0 Å². The Morgan fingerprint density at radius 3 is 2.61 bits per heavy atom. The second-order valence-corrected chi connectivity index (χ2v) is 6.82. The van der Waals surface area contributed by atoms with Crippen LogP contribution in [0.5, 0.6) is 0 Å². The molecule has 3 rings (SSSR count). The molecule has 0 heterocycles. The molecule has 1 aromatic rings. The Labute approximate surface area is 111 Å². The minimum absolute atomic E-state index is 0.167. The minimum atomic E-state index is 0.167. The topological polar surface area (TPSA) is 9.23 Å². The molecule has 18 heavy (non-hydrogen) atoms. The molecule has 1 heteroatoms. The Morgan fingerprint density at radius 2 is 1.89 bits per heavy atom. The minimum Gasteiger partial charge on any atom is -0.369 e. The maximum absolute atomic E-state index is 6.42. The summed E-state index contributed by atoms with van der Waals surface area (Å²) in [6.45, 7) is 7.92. The summed E-state index contributed by atoms with van der Waals surface area (Å²) in [5.41, 5.74) is 1.85. The van der Waals surface area contributed by atoms with E-state index in [1.165, 1.54) is 24.8 Å². The zero-order valence-electron chi connectivity index (χ0n) is 11.8. The second-order valence-electron chi connectivity index (χ2n) is 6.82. The molecule has 3 unspecified atom stereocenters. The molecule has 98 valence electrons. The molecule has 3 atom stereocenters. The van der Waals surface area contributed by atoms with Crippen molar-refractivity contribution in [2.24, 2.45) is 17.3 Å². The number of benzene rings is 1. The van der Waals surface area contributed by atoms with E-state index >= 15 is 0 Å². The van der Waals surface area contributed by atoms with Gasteiger partial charge < -0.3 is 4.74 Å². The lowest BCUT2D eigenvalue weighted by atomic mass is 9.88. The van der Waals surface area contributed by atoms with Crippen molar-refractivity contribution in [1.29, 1.82) is 0 Å². The average Bonchev–Trinajstić information content (AvgIpc) is 2.84. The van der Waals surface area contributed by atoms with Crippen molar-refractivity contribution < 1.29 is 4.74 Å². The van der Waals surface area contributed by atoms with E-state index in [1.807, 2.05) is 0 Å². The zero-order valence-corrected chi connectivity index (χ0v) is 11.8. The number of rotatable bonds is 3. The van der Waals surface area contributed by atoms with Gasteiger partial charge in [-0.1, -0.05) is 57.5 Å². The predicted molar refractivity (Wildman–Crippen MR) is 74.2 cm³/mol. The quantitative estimate of drug-likeness (QED) is 0.765. The first-order valence-corrected chi connectivity index (χ1v) is 7.24. The van der Waals surface area contributed by atoms with Crippen LogP contribution in [0.3, 0.4) is 0 Å². The van der Waals surface area contributed by atoms with E-state index in [4.69, 9.17) is 4.74 Å². The summed E-state index contributed by atoms with van der Waals surface area (Å²) < 4.78 is 6.42. The van der Waals surface area contributed by atoms with Gasteiger partial charge in [0.1, 0.15) is 0 Å². The Balaban J connectivity index is 1.71. The Kier molecular flexibility index (Phi) is 2.78. The van der Waals surface area contributed by atoms with Gasteiger partial charge in [0.25, 0.3) is 0 Å². The Morgan fingerprint density at radius 1 is 1.17 bits per heavy atom. The smallest absolute Gasteiger partial charge is 0.0778 e. The van der Waals surface area contributed by atoms with Gasteiger partial charge in [-0.3, -0.25) is 0 Å². The fourth-order valence-electron chi connectivity index (χ4n) is 4.13. The SMILES string of the molecule is CC1CCC2C(C)(C)C2(OCc2ccccc2)C1. The van der Waals surface area contributed by atoms with Crippen molar-refractivity contribution in [3.63, 3.8) is 0 Å². The van der Waals surface area contributed by atoms with Gasteiger partial charge in [-0.15, -0.1) is 0 Å². The van der Waals surface area contributed by atoms with Gasteiger partial charge in [0, 0.05) is 0 Å². The predicted octanol–water partition coefficient (Wildman–Crippen LogP) is 4.42. The van der Waals surface area contributed by atoms with Gasteiger partial charge in [-0.25, -0.2) is 0 Å². The summed E-state index contributed by atoms with van der Waals surface area (Å²) in [6, 6.07) is 10.6. The highest BCUT2D eigenvalue weighted by Gasteiger charge is 2.72. The molecular formula is C17H24O. The molecular weight excluding hydrogens is 220 g/mol. The monoisotopic (exact) mass is 244 g/mol. The van der Waals surface area contributed by atoms with Crippen LogP contribution in [-0.2, 0) is 11.3 Å². The number of ether oxygens (including phenoxy) is 1. The van der Waals surface area contributed by atoms with Gasteiger partial charge in [0.2, 0.25) is 0 Å². The highest BCUT2D eigenvalue weighted by atomic mass is 16.5. The Hall–Kier alpha value is -0.820. The van der Waals surface area contributed by atoms with Crippen LogP contribution < -0.4 is 0 Å². The lowest BCUT2D eigenvalue weighted by Gasteiger charge is -2.28. The highest BCUT2D eigenvalue weighted by molar-refractivity contribution is 5.23. The normalized spacial score (nSPS) is 37.1. The molecule has 0 bridgehead atoms. The standard InChI is InChI=1S/C17H24O/c1-13-9-10-15-16(2,3)17(15,11-13)18-12-14-7-5-4-6-8-14/h4-8,13,15H,9-12H2,1-3H3. The summed E-state index contributed by atoms with van der Waals surface area (Å²) in [5.74, 6) is 1.60. The van der Waals surface area contributed by atoms with Crippen LogP contribution in [0.2, 0.25) is 0 Å². The molecule has 1 aromatic carbocycles. The molecule has 0 radical (unpaired) electrons. The van der Waals surface area contributed by atoms with Crippen LogP contribution in [-0.4, -0.2) is 5.60 Å². The summed E-state index contributed by atoms with van der Waals surface area (Å²) in [6.07, 6.45) is 3.98. The van der Waals surface area contributed by atoms with Gasteiger partial charge in [-0.05, 0) is 35.7 Å². The summed E-state index contributed by atoms with van der Waals surface area (Å²) >= 11 is 0. The summed E-state index contributed by atoms with van der Waals surface area (Å²) in [7, 11) is 0. The molecule has 2 aliphatic rings. The Bertz CT molecular complexity index is 422. The van der Waals surface area contributed by atoms with Gasteiger partial charge >= 0.3 is 0 Å². The van der Waals surface area contributed by atoms with Crippen molar-refractivity contribution in [3.8, 4) is 0 Å². The van der Waals surface area contributed by atoms with Crippen molar-refractivity contribution >= 4 is 0 Å². The zero-order chi connectivity index (χ0) is 12.8. The van der Waals surface area contributed by atoms with Crippen molar-refractivity contribution in [1.82, 2.24) is 0 Å². The molecule has 0 N–H and O–H groups in total. The van der Waals surface area contributed by atoms with Crippen molar-refractivity contribution in [3.05, 3.63) is 35.9 Å². The molecule has 2 fully saturated rings. The van der Waals surface area contributed by atoms with E-state index in [1.54, 1.807) is 0 Å². The largest absolute Gasteiger partial charge is 0.369 e. The van der Waals surface area contributed by atoms with Crippen LogP contribution >= 0.6 is 0 Å². The lowest BCUT2D eigenvalue weighted by molar-refractivity contribution is -0.0359. The van der Waals surface area contributed by atoms with Crippen LogP contribution in [0.15, 0.2) is 30.3 Å². The van der Waals surface area contributed by atoms with Crippen LogP contribution in [0, 0.1) is 17.3 Å². The van der Waals surface area contributed by atoms with E-state index in [9.17, 15) is 0 Å². The second kappa shape index (κ2) is 4.09. The maximum atomic E-state index is 6.42. The van der Waals surface area contributed by atoms with Crippen LogP contribution in [0.1, 0.15) is 45.6 Å². The third kappa shape index (κ3) is 1.72. The van der Waals surface area contributed by atoms with Gasteiger partial charge in [-0.2, -0.15) is 0 Å². The van der Waals surface area contributed by atoms with E-state index < -0.39 is 0 Å². The first-order chi connectivity index (χ1) is 8.56. The van der Waals surface area contributed by atoms with Crippen molar-refractivity contribution in [2.75, 3.05) is 0 Å². The highest BCUT2D eigenvalue weighted by Crippen LogP contribution is 2.71. The summed E-state index contributed by atoms with van der Waals surface area (Å²) in [4.78, 5) is 0. The maximum Gasteiger partial charge on any atom is 0.0778 e. The fraction of sp³-hybridized carbons (Fsp3) is 0.647. The number of fused-ring (bicyclic) bond motifs is 1. The number of hydrogen-bond acceptors (Lipinski definition) is 1. The van der Waals surface area contributed by atoms with E-state index in [0.717, 1.165) is 18.4 Å².